The largest absolute Gasteiger partial charge is 0.298 e. The van der Waals surface area contributed by atoms with E-state index in [4.69, 9.17) is 0 Å². The molecule has 0 N–H and O–H groups in total. The van der Waals surface area contributed by atoms with Gasteiger partial charge in [-0.25, -0.2) is 13.2 Å². The van der Waals surface area contributed by atoms with E-state index in [1.165, 1.54) is 0 Å². The summed E-state index contributed by atoms with van der Waals surface area (Å²) in [6.45, 7) is 1.67. The van der Waals surface area contributed by atoms with Crippen LogP contribution in [0.15, 0.2) is 12.1 Å². The molecule has 0 saturated heterocycles. The highest BCUT2D eigenvalue weighted by Crippen LogP contribution is 2.19. The van der Waals surface area contributed by atoms with Gasteiger partial charge in [-0.3, -0.25) is 4.79 Å². The topological polar surface area (TPSA) is 17.1 Å². The van der Waals surface area contributed by atoms with Crippen molar-refractivity contribution in [1.82, 2.24) is 0 Å². The molecule has 16 heavy (non-hydrogen) atoms. The molecule has 1 unspecified atom stereocenters. The lowest BCUT2D eigenvalue weighted by molar-refractivity contribution is -0.118. The summed E-state index contributed by atoms with van der Waals surface area (Å²) in [6, 6.07) is 1.37. The van der Waals surface area contributed by atoms with Crippen molar-refractivity contribution < 1.29 is 18.0 Å². The van der Waals surface area contributed by atoms with Crippen molar-refractivity contribution in [1.29, 1.82) is 0 Å². The first kappa shape index (κ1) is 13.2. The van der Waals surface area contributed by atoms with Gasteiger partial charge in [-0.05, 0) is 18.1 Å². The van der Waals surface area contributed by atoms with E-state index < -0.39 is 22.3 Å². The number of rotatable bonds is 4. The van der Waals surface area contributed by atoms with Gasteiger partial charge in [0.1, 0.15) is 11.6 Å². The summed E-state index contributed by atoms with van der Waals surface area (Å²) in [5, 5.41) is 0. The maximum Gasteiger partial charge on any atom is 0.162 e. The molecule has 0 spiro atoms. The van der Waals surface area contributed by atoms with Crippen LogP contribution < -0.4 is 0 Å². The van der Waals surface area contributed by atoms with E-state index in [0.29, 0.717) is 6.07 Å². The summed E-state index contributed by atoms with van der Waals surface area (Å²) in [4.78, 5) is 10.6. The third-order valence-corrected chi connectivity index (χ3v) is 3.00. The summed E-state index contributed by atoms with van der Waals surface area (Å²) < 4.78 is 38.9. The van der Waals surface area contributed by atoms with Crippen LogP contribution in [0.3, 0.4) is 0 Å². The van der Waals surface area contributed by atoms with Crippen molar-refractivity contribution in [3.8, 4) is 0 Å². The van der Waals surface area contributed by atoms with Gasteiger partial charge < -0.3 is 0 Å². The zero-order valence-corrected chi connectivity index (χ0v) is 10.2. The lowest BCUT2D eigenvalue weighted by Crippen LogP contribution is -2.16. The number of benzene rings is 1. The monoisotopic (exact) mass is 294 g/mol. The second-order valence-corrected chi connectivity index (χ2v) is 4.46. The van der Waals surface area contributed by atoms with Crippen LogP contribution in [0.4, 0.5) is 13.2 Å². The highest BCUT2D eigenvalue weighted by atomic mass is 79.9. The second kappa shape index (κ2) is 5.48. The molecule has 0 bridgehead atoms. The number of carbonyl (C=O) groups is 1. The minimum atomic E-state index is -1.24. The number of ketones is 1. The SMILES string of the molecule is CCC(=O)C(Br)Cc1cc(F)cc(F)c1F. The lowest BCUT2D eigenvalue weighted by Gasteiger charge is -2.09. The molecule has 88 valence electrons. The van der Waals surface area contributed by atoms with Crippen LogP contribution in [0, 0.1) is 17.5 Å². The molecule has 1 aromatic carbocycles. The van der Waals surface area contributed by atoms with Crippen LogP contribution in [0.1, 0.15) is 18.9 Å². The normalized spacial score (nSPS) is 12.6. The standard InChI is InChI=1S/C11H10BrF3O/c1-2-10(16)8(12)4-6-3-7(13)5-9(14)11(6)15/h3,5,8H,2,4H2,1H3. The van der Waals surface area contributed by atoms with Gasteiger partial charge in [0, 0.05) is 12.5 Å². The van der Waals surface area contributed by atoms with E-state index in [1.54, 1.807) is 6.92 Å². The molecular formula is C11H10BrF3O. The third kappa shape index (κ3) is 3.07. The molecule has 0 aliphatic rings. The first-order valence-electron chi connectivity index (χ1n) is 4.76. The summed E-state index contributed by atoms with van der Waals surface area (Å²) >= 11 is 3.06. The molecular weight excluding hydrogens is 285 g/mol. The zero-order chi connectivity index (χ0) is 12.3. The average molecular weight is 295 g/mol. The maximum absolute atomic E-state index is 13.2. The number of hydrogen-bond acceptors (Lipinski definition) is 1. The number of hydrogen-bond donors (Lipinski definition) is 0. The zero-order valence-electron chi connectivity index (χ0n) is 8.57. The Morgan fingerprint density at radius 3 is 2.56 bits per heavy atom. The summed E-state index contributed by atoms with van der Waals surface area (Å²) in [6.07, 6.45) is 0.225. The molecule has 1 rings (SSSR count). The Kier molecular flexibility index (Phi) is 4.53. The third-order valence-electron chi connectivity index (χ3n) is 2.17. The summed E-state index contributed by atoms with van der Waals surface area (Å²) in [5.74, 6) is -3.32. The minimum Gasteiger partial charge on any atom is -0.298 e. The van der Waals surface area contributed by atoms with Crippen LogP contribution in [0.2, 0.25) is 0 Å². The smallest absolute Gasteiger partial charge is 0.162 e. The van der Waals surface area contributed by atoms with E-state index in [-0.39, 0.29) is 24.2 Å². The van der Waals surface area contributed by atoms with Gasteiger partial charge >= 0.3 is 0 Å². The Bertz CT molecular complexity index is 406. The molecule has 1 nitrogen and oxygen atoms in total. The molecule has 0 saturated carbocycles. The summed E-state index contributed by atoms with van der Waals surface area (Å²) in [5.41, 5.74) is -0.138. The molecule has 0 aromatic heterocycles. The highest BCUT2D eigenvalue weighted by Gasteiger charge is 2.18. The maximum atomic E-state index is 13.2. The van der Waals surface area contributed by atoms with Crippen LogP contribution in [-0.2, 0) is 11.2 Å². The molecule has 0 fully saturated rings. The lowest BCUT2D eigenvalue weighted by atomic mass is 10.1. The minimum absolute atomic E-state index is 0.0623. The van der Waals surface area contributed by atoms with Crippen LogP contribution in [-0.4, -0.2) is 10.6 Å². The van der Waals surface area contributed by atoms with E-state index in [0.717, 1.165) is 6.07 Å². The number of Topliss-reactive ketones (excluding diaryl/α,β-unsaturated/α-hetero) is 1. The van der Waals surface area contributed by atoms with Gasteiger partial charge in [0.2, 0.25) is 0 Å². The van der Waals surface area contributed by atoms with Gasteiger partial charge in [-0.15, -0.1) is 0 Å². The Morgan fingerprint density at radius 1 is 1.38 bits per heavy atom. The first-order valence-corrected chi connectivity index (χ1v) is 5.67. The predicted octanol–water partition coefficient (Wildman–Crippen LogP) is 3.39. The van der Waals surface area contributed by atoms with E-state index in [9.17, 15) is 18.0 Å². The molecule has 5 heteroatoms. The van der Waals surface area contributed by atoms with Crippen molar-refractivity contribution in [3.63, 3.8) is 0 Å². The van der Waals surface area contributed by atoms with E-state index in [2.05, 4.69) is 15.9 Å². The van der Waals surface area contributed by atoms with Crippen LogP contribution in [0.5, 0.6) is 0 Å². The van der Waals surface area contributed by atoms with Crippen molar-refractivity contribution in [3.05, 3.63) is 35.1 Å². The first-order chi connectivity index (χ1) is 7.45. The molecule has 0 aliphatic carbocycles. The van der Waals surface area contributed by atoms with Gasteiger partial charge in [-0.2, -0.15) is 0 Å². The van der Waals surface area contributed by atoms with Gasteiger partial charge in [0.05, 0.1) is 4.83 Å². The molecule has 1 aromatic rings. The number of carbonyl (C=O) groups excluding carboxylic acids is 1. The van der Waals surface area contributed by atoms with Crippen molar-refractivity contribution in [2.45, 2.75) is 24.6 Å². The Labute approximate surface area is 99.8 Å². The second-order valence-electron chi connectivity index (χ2n) is 3.35. The quantitative estimate of drug-likeness (QED) is 0.614. The molecule has 0 heterocycles. The fraction of sp³-hybridized carbons (Fsp3) is 0.364. The van der Waals surface area contributed by atoms with Crippen LogP contribution >= 0.6 is 15.9 Å². The molecule has 0 aliphatic heterocycles. The van der Waals surface area contributed by atoms with E-state index in [1.807, 2.05) is 0 Å². The highest BCUT2D eigenvalue weighted by molar-refractivity contribution is 9.10. The Morgan fingerprint density at radius 2 is 2.00 bits per heavy atom. The van der Waals surface area contributed by atoms with Crippen molar-refractivity contribution in [2.24, 2.45) is 0 Å². The van der Waals surface area contributed by atoms with E-state index >= 15 is 0 Å². The van der Waals surface area contributed by atoms with Crippen molar-refractivity contribution in [2.75, 3.05) is 0 Å². The Hall–Kier alpha value is -0.840. The Balaban J connectivity index is 2.93. The molecule has 1 atom stereocenters. The van der Waals surface area contributed by atoms with Crippen LogP contribution in [0.25, 0.3) is 0 Å². The number of halogens is 4. The fourth-order valence-electron chi connectivity index (χ4n) is 1.29. The summed E-state index contributed by atoms with van der Waals surface area (Å²) in [7, 11) is 0. The number of alkyl halides is 1. The fourth-order valence-corrected chi connectivity index (χ4v) is 1.96. The molecule has 0 amide bonds. The van der Waals surface area contributed by atoms with Gasteiger partial charge in [-0.1, -0.05) is 22.9 Å². The van der Waals surface area contributed by atoms with Crippen molar-refractivity contribution >= 4 is 21.7 Å². The van der Waals surface area contributed by atoms with Gasteiger partial charge in [0.25, 0.3) is 0 Å². The molecule has 0 radical (unpaired) electrons. The van der Waals surface area contributed by atoms with Gasteiger partial charge in [0.15, 0.2) is 11.6 Å². The average Bonchev–Trinajstić information content (AvgIpc) is 2.23. The predicted molar refractivity (Wildman–Crippen MR) is 58.0 cm³/mol.